The molecule has 47 heavy (non-hydrogen) atoms. The number of aliphatic hydroxyl groups is 1. The van der Waals surface area contributed by atoms with E-state index in [2.05, 4.69) is 21.7 Å². The number of aliphatic hydroxyl groups excluding tert-OH is 1. The Labute approximate surface area is 275 Å². The number of carbonyl (C=O) groups is 2. The first kappa shape index (κ1) is 33.3. The predicted octanol–water partition coefficient (Wildman–Crippen LogP) is 5.10. The molecule has 242 valence electrons. The third-order valence-corrected chi connectivity index (χ3v) is 8.17. The summed E-state index contributed by atoms with van der Waals surface area (Å²) in [4.78, 5) is 27.9. The van der Waals surface area contributed by atoms with Crippen molar-refractivity contribution >= 4 is 23.5 Å². The zero-order chi connectivity index (χ0) is 33.5. The van der Waals surface area contributed by atoms with Crippen LogP contribution in [0.5, 0.6) is 11.5 Å². The highest BCUT2D eigenvalue weighted by Gasteiger charge is 2.28. The number of hydrogen-bond acceptors (Lipinski definition) is 8. The van der Waals surface area contributed by atoms with Crippen LogP contribution >= 0.6 is 11.6 Å². The molecule has 4 N–H and O–H groups in total. The van der Waals surface area contributed by atoms with E-state index < -0.39 is 30.6 Å². The van der Waals surface area contributed by atoms with Gasteiger partial charge in [0.1, 0.15) is 42.1 Å². The third kappa shape index (κ3) is 7.86. The molecule has 4 aromatic rings. The topological polar surface area (TPSA) is 154 Å². The Bertz CT molecular complexity index is 1830. The van der Waals surface area contributed by atoms with Gasteiger partial charge in [0, 0.05) is 41.7 Å². The Morgan fingerprint density at radius 3 is 2.66 bits per heavy atom. The maximum atomic E-state index is 14.7. The lowest BCUT2D eigenvalue weighted by Gasteiger charge is -2.21. The average Bonchev–Trinajstić information content (AvgIpc) is 3.49. The van der Waals surface area contributed by atoms with E-state index >= 15 is 0 Å². The Kier molecular flexibility index (Phi) is 10.7. The first-order valence-electron chi connectivity index (χ1n) is 14.9. The fourth-order valence-electron chi connectivity index (χ4n) is 5.39. The van der Waals surface area contributed by atoms with Crippen molar-refractivity contribution in [3.8, 4) is 28.7 Å². The molecule has 0 radical (unpaired) electrons. The minimum Gasteiger partial charge on any atom is -0.488 e. The average molecular weight is 659 g/mol. The van der Waals surface area contributed by atoms with Crippen molar-refractivity contribution in [1.29, 1.82) is 5.26 Å². The lowest BCUT2D eigenvalue weighted by Crippen LogP contribution is -2.50. The molecule has 3 aromatic carbocycles. The number of nitrogens with one attached hydrogen (secondary N) is 2. The van der Waals surface area contributed by atoms with E-state index in [0.717, 1.165) is 16.7 Å². The van der Waals surface area contributed by atoms with E-state index in [1.807, 2.05) is 18.2 Å². The number of carboxylic acids is 1. The summed E-state index contributed by atoms with van der Waals surface area (Å²) in [5.74, 6) is -1.51. The number of rotatable bonds is 13. The van der Waals surface area contributed by atoms with Gasteiger partial charge in [0.05, 0.1) is 23.2 Å². The van der Waals surface area contributed by atoms with Crippen molar-refractivity contribution in [3.63, 3.8) is 0 Å². The smallest absolute Gasteiger partial charge is 0.328 e. The van der Waals surface area contributed by atoms with Gasteiger partial charge < -0.3 is 30.3 Å². The van der Waals surface area contributed by atoms with Gasteiger partial charge in [0.2, 0.25) is 5.91 Å². The maximum absolute atomic E-state index is 14.7. The number of benzene rings is 3. The van der Waals surface area contributed by atoms with Crippen LogP contribution in [0.3, 0.4) is 0 Å². The van der Waals surface area contributed by atoms with Gasteiger partial charge in [-0.15, -0.1) is 0 Å². The van der Waals surface area contributed by atoms with Gasteiger partial charge in [-0.1, -0.05) is 48.0 Å². The number of pyridine rings is 1. The van der Waals surface area contributed by atoms with E-state index in [-0.39, 0.29) is 25.1 Å². The Morgan fingerprint density at radius 2 is 1.91 bits per heavy atom. The third-order valence-electron chi connectivity index (χ3n) is 7.87. The number of ether oxygens (including phenoxy) is 2. The van der Waals surface area contributed by atoms with E-state index in [9.17, 15) is 24.3 Å². The standard InChI is InChI=1S/C35H32ClFN4O6/c1-20(34(43)41-30(18-42)35(44)45)40-17-23-12-28(36)33(13-32(23)46-19-22-11-21(14-38)15-39-16-22)47-31-10-9-25-24(6-4-7-27(25)31)26-5-2-3-8-29(26)37/h2-8,11-13,15-16,20,30-31,40,42H,9-10,17-19H2,1H3,(H,41,43)(H,44,45)/t20-,30-,31-/m0/s1. The monoisotopic (exact) mass is 658 g/mol. The van der Waals surface area contributed by atoms with Crippen LogP contribution in [0.1, 0.15) is 47.3 Å². The fraction of sp³-hybridized carbons (Fsp3) is 0.257. The van der Waals surface area contributed by atoms with E-state index in [0.29, 0.717) is 51.6 Å². The van der Waals surface area contributed by atoms with Crippen LogP contribution in [0.25, 0.3) is 11.1 Å². The largest absolute Gasteiger partial charge is 0.488 e. The quantitative estimate of drug-likeness (QED) is 0.154. The molecule has 1 aliphatic rings. The summed E-state index contributed by atoms with van der Waals surface area (Å²) in [6.45, 7) is 0.981. The number of halogens is 2. The first-order chi connectivity index (χ1) is 22.7. The number of hydrogen-bond donors (Lipinski definition) is 4. The van der Waals surface area contributed by atoms with E-state index in [4.69, 9.17) is 26.2 Å². The summed E-state index contributed by atoms with van der Waals surface area (Å²) < 4.78 is 27.3. The Morgan fingerprint density at radius 1 is 1.13 bits per heavy atom. The Hall–Kier alpha value is -5.02. The van der Waals surface area contributed by atoms with E-state index in [1.54, 1.807) is 49.5 Å². The van der Waals surface area contributed by atoms with Crippen LogP contribution in [-0.2, 0) is 29.2 Å². The minimum atomic E-state index is -1.43. The lowest BCUT2D eigenvalue weighted by molar-refractivity contribution is -0.143. The van der Waals surface area contributed by atoms with Gasteiger partial charge in [-0.3, -0.25) is 9.78 Å². The SMILES string of the molecule is C[C@H](NCc1cc(Cl)c(O[C@H]2CCc3c(-c4ccccc4F)cccc32)cc1OCc1cncc(C#N)c1)C(=O)N[C@@H](CO)C(=O)O. The second-order valence-corrected chi connectivity index (χ2v) is 11.5. The van der Waals surface area contributed by atoms with Crippen LogP contribution in [0, 0.1) is 17.1 Å². The molecule has 12 heteroatoms. The molecule has 0 saturated heterocycles. The number of nitriles is 1. The van der Waals surface area contributed by atoms with Crippen LogP contribution < -0.4 is 20.1 Å². The highest BCUT2D eigenvalue weighted by Crippen LogP contribution is 2.43. The van der Waals surface area contributed by atoms with Crippen molar-refractivity contribution in [2.45, 2.75) is 51.1 Å². The number of carbonyl (C=O) groups excluding carboxylic acids is 1. The van der Waals surface area contributed by atoms with E-state index in [1.165, 1.54) is 12.3 Å². The zero-order valence-electron chi connectivity index (χ0n) is 25.4. The van der Waals surface area contributed by atoms with Crippen LogP contribution in [-0.4, -0.2) is 45.8 Å². The molecular weight excluding hydrogens is 627 g/mol. The van der Waals surface area contributed by atoms with Crippen LogP contribution in [0.2, 0.25) is 5.02 Å². The second kappa shape index (κ2) is 15.0. The van der Waals surface area contributed by atoms with Crippen molar-refractivity contribution < 1.29 is 33.7 Å². The summed E-state index contributed by atoms with van der Waals surface area (Å²) in [5.41, 5.74) is 4.92. The molecule has 1 amide bonds. The number of aliphatic carboxylic acids is 1. The number of nitrogens with zero attached hydrogens (tertiary/aromatic N) is 2. The molecule has 0 saturated carbocycles. The number of fused-ring (bicyclic) bond motifs is 1. The van der Waals surface area contributed by atoms with Gasteiger partial charge in [-0.25, -0.2) is 9.18 Å². The summed E-state index contributed by atoms with van der Waals surface area (Å²) in [7, 11) is 0. The lowest BCUT2D eigenvalue weighted by atomic mass is 9.96. The highest BCUT2D eigenvalue weighted by atomic mass is 35.5. The molecule has 1 aliphatic carbocycles. The van der Waals surface area contributed by atoms with Gasteiger partial charge >= 0.3 is 5.97 Å². The predicted molar refractivity (Wildman–Crippen MR) is 171 cm³/mol. The molecule has 0 spiro atoms. The van der Waals surface area contributed by atoms with Crippen molar-refractivity contribution in [3.05, 3.63) is 112 Å². The van der Waals surface area contributed by atoms with Crippen molar-refractivity contribution in [1.82, 2.24) is 15.6 Å². The molecule has 10 nitrogen and oxygen atoms in total. The maximum Gasteiger partial charge on any atom is 0.328 e. The minimum absolute atomic E-state index is 0.0711. The molecule has 5 rings (SSSR count). The second-order valence-electron chi connectivity index (χ2n) is 11.1. The van der Waals surface area contributed by atoms with Gasteiger partial charge in [0.25, 0.3) is 0 Å². The van der Waals surface area contributed by atoms with Gasteiger partial charge in [0.15, 0.2) is 0 Å². The summed E-state index contributed by atoms with van der Waals surface area (Å²) >= 11 is 6.74. The van der Waals surface area contributed by atoms with Crippen LogP contribution in [0.4, 0.5) is 4.39 Å². The van der Waals surface area contributed by atoms with Gasteiger partial charge in [-0.05, 0) is 54.7 Å². The fourth-order valence-corrected chi connectivity index (χ4v) is 5.62. The summed E-state index contributed by atoms with van der Waals surface area (Å²) in [5, 5.41) is 33.3. The normalized spacial score (nSPS) is 14.8. The molecule has 0 fully saturated rings. The molecule has 0 aliphatic heterocycles. The number of amides is 1. The van der Waals surface area contributed by atoms with Gasteiger partial charge in [-0.2, -0.15) is 5.26 Å². The zero-order valence-corrected chi connectivity index (χ0v) is 26.1. The summed E-state index contributed by atoms with van der Waals surface area (Å²) in [6.07, 6.45) is 4.03. The highest BCUT2D eigenvalue weighted by molar-refractivity contribution is 6.32. The molecule has 3 atom stereocenters. The molecule has 1 aromatic heterocycles. The molecular formula is C35H32ClFN4O6. The molecule has 1 heterocycles. The summed E-state index contributed by atoms with van der Waals surface area (Å²) in [6, 6.07) is 17.2. The van der Waals surface area contributed by atoms with Crippen molar-refractivity contribution in [2.24, 2.45) is 0 Å². The van der Waals surface area contributed by atoms with Crippen molar-refractivity contribution in [2.75, 3.05) is 6.61 Å². The Balaban J connectivity index is 1.39. The molecule has 0 unspecified atom stereocenters. The first-order valence-corrected chi connectivity index (χ1v) is 15.3. The number of carboxylic acid groups (broad SMARTS) is 1. The molecule has 0 bridgehead atoms. The number of aromatic nitrogens is 1. The van der Waals surface area contributed by atoms with Crippen LogP contribution in [0.15, 0.2) is 73.1 Å².